The van der Waals surface area contributed by atoms with Gasteiger partial charge in [0, 0.05) is 30.1 Å². The van der Waals surface area contributed by atoms with Crippen molar-refractivity contribution < 1.29 is 14.7 Å². The molecule has 3 aromatic rings. The summed E-state index contributed by atoms with van der Waals surface area (Å²) in [5.41, 5.74) is 5.56. The van der Waals surface area contributed by atoms with E-state index < -0.39 is 5.97 Å². The van der Waals surface area contributed by atoms with Gasteiger partial charge in [0.25, 0.3) is 0 Å². The molecule has 0 atom stereocenters. The van der Waals surface area contributed by atoms with Crippen LogP contribution in [-0.4, -0.2) is 51.7 Å². The zero-order valence-electron chi connectivity index (χ0n) is 22.5. The number of hydrogen-bond donors (Lipinski definition) is 1. The van der Waals surface area contributed by atoms with Gasteiger partial charge in [0.15, 0.2) is 0 Å². The number of anilines is 1. The summed E-state index contributed by atoms with van der Waals surface area (Å²) in [7, 11) is 0. The lowest BCUT2D eigenvalue weighted by Gasteiger charge is -2.32. The number of aliphatic carboxylic acids is 1. The number of hydrogen-bond acceptors (Lipinski definition) is 6. The zero-order chi connectivity index (χ0) is 27.5. The first-order valence-electron chi connectivity index (χ1n) is 13.7. The number of piperidine rings is 1. The van der Waals surface area contributed by atoms with E-state index in [9.17, 15) is 9.59 Å². The maximum Gasteiger partial charge on any atom is 0.303 e. The van der Waals surface area contributed by atoms with Gasteiger partial charge in [-0.05, 0) is 105 Å². The largest absolute Gasteiger partial charge is 0.481 e. The van der Waals surface area contributed by atoms with Gasteiger partial charge >= 0.3 is 5.97 Å². The summed E-state index contributed by atoms with van der Waals surface area (Å²) in [5, 5.41) is 20.1. The highest BCUT2D eigenvalue weighted by atomic mass is 35.5. The maximum atomic E-state index is 13.4. The summed E-state index contributed by atoms with van der Waals surface area (Å²) in [4.78, 5) is 28.6. The molecule has 2 aromatic carbocycles. The van der Waals surface area contributed by atoms with Gasteiger partial charge in [0.2, 0.25) is 11.0 Å². The fraction of sp³-hybridized carbons (Fsp3) is 0.467. The Hall–Kier alpha value is -2.81. The molecule has 7 nitrogen and oxygen atoms in total. The monoisotopic (exact) mass is 566 g/mol. The summed E-state index contributed by atoms with van der Waals surface area (Å²) < 4.78 is 0. The number of rotatable bonds is 10. The quantitative estimate of drug-likeness (QED) is 0.317. The fourth-order valence-corrected chi connectivity index (χ4v) is 6.43. The Morgan fingerprint density at radius 3 is 2.38 bits per heavy atom. The minimum atomic E-state index is -0.698. The van der Waals surface area contributed by atoms with Crippen molar-refractivity contribution in [1.29, 1.82) is 0 Å². The number of carbonyl (C=O) groups is 2. The number of carboxylic acids is 1. The highest BCUT2D eigenvalue weighted by Gasteiger charge is 2.30. The van der Waals surface area contributed by atoms with Gasteiger partial charge in [0.1, 0.15) is 5.01 Å². The number of carboxylic acid groups (broad SMARTS) is 1. The number of nitrogens with zero attached hydrogens (tertiary/aromatic N) is 4. The first kappa shape index (κ1) is 27.7. The van der Waals surface area contributed by atoms with Gasteiger partial charge < -0.3 is 5.11 Å². The third-order valence-electron chi connectivity index (χ3n) is 7.88. The number of halogens is 1. The fourth-order valence-electron chi connectivity index (χ4n) is 5.37. The normalized spacial score (nSPS) is 16.4. The average molecular weight is 567 g/mol. The Balaban J connectivity index is 1.29. The highest BCUT2D eigenvalue weighted by Crippen LogP contribution is 2.36. The molecule has 2 heterocycles. The van der Waals surface area contributed by atoms with Crippen molar-refractivity contribution in [2.75, 3.05) is 24.5 Å². The molecule has 2 aliphatic rings. The minimum absolute atomic E-state index is 0.00691. The minimum Gasteiger partial charge on any atom is -0.481 e. The predicted octanol–water partition coefficient (Wildman–Crippen LogP) is 6.15. The molecule has 1 N–H and O–H groups in total. The van der Waals surface area contributed by atoms with Gasteiger partial charge in [0.05, 0.1) is 6.42 Å². The van der Waals surface area contributed by atoms with Gasteiger partial charge in [-0.15, -0.1) is 10.2 Å². The number of carbonyl (C=O) groups excluding carboxylic acids is 1. The maximum absolute atomic E-state index is 13.4. The molecule has 206 valence electrons. The molecule has 1 saturated heterocycles. The molecular formula is C30H35ClN4O3S. The van der Waals surface area contributed by atoms with Crippen LogP contribution in [0.4, 0.5) is 5.13 Å². The van der Waals surface area contributed by atoms with E-state index in [2.05, 4.69) is 41.1 Å². The molecule has 5 rings (SSSR count). The Morgan fingerprint density at radius 2 is 1.74 bits per heavy atom. The number of aryl methyl sites for hydroxylation is 2. The molecule has 1 aliphatic heterocycles. The molecule has 0 spiro atoms. The molecule has 1 aromatic heterocycles. The van der Waals surface area contributed by atoms with Crippen molar-refractivity contribution in [2.45, 2.75) is 58.9 Å². The molecule has 39 heavy (non-hydrogen) atoms. The van der Waals surface area contributed by atoms with Crippen molar-refractivity contribution in [3.8, 4) is 10.6 Å². The van der Waals surface area contributed by atoms with Crippen LogP contribution in [0.15, 0.2) is 36.4 Å². The standard InChI is InChI=1S/C30H35ClN4O3S/c1-19-13-24(14-20(2)25(19)18-34-11-9-21(10-12-34)15-28(37)38)29-32-33-30(39-29)35(17-22-7-8-22)27(36)16-23-5-3-4-6-26(23)31/h3-6,13-14,21-22H,7-12,15-18H2,1-2H3,(H,37,38). The highest BCUT2D eigenvalue weighted by molar-refractivity contribution is 7.18. The van der Waals surface area contributed by atoms with E-state index in [1.165, 1.54) is 28.0 Å². The lowest BCUT2D eigenvalue weighted by Crippen LogP contribution is -2.34. The Morgan fingerprint density at radius 1 is 1.05 bits per heavy atom. The molecule has 2 fully saturated rings. The summed E-state index contributed by atoms with van der Waals surface area (Å²) in [5.74, 6) is 0.0974. The summed E-state index contributed by atoms with van der Waals surface area (Å²) >= 11 is 7.79. The molecular weight excluding hydrogens is 532 g/mol. The van der Waals surface area contributed by atoms with E-state index in [0.717, 1.165) is 61.5 Å². The van der Waals surface area contributed by atoms with Gasteiger partial charge in [-0.2, -0.15) is 0 Å². The van der Waals surface area contributed by atoms with E-state index in [0.29, 0.717) is 22.6 Å². The molecule has 0 radical (unpaired) electrons. The van der Waals surface area contributed by atoms with E-state index in [-0.39, 0.29) is 24.7 Å². The Kier molecular flexibility index (Phi) is 8.64. The van der Waals surface area contributed by atoms with Crippen LogP contribution in [0.1, 0.15) is 54.4 Å². The smallest absolute Gasteiger partial charge is 0.303 e. The average Bonchev–Trinajstić information content (AvgIpc) is 3.59. The van der Waals surface area contributed by atoms with Crippen LogP contribution < -0.4 is 4.90 Å². The second-order valence-electron chi connectivity index (χ2n) is 11.0. The van der Waals surface area contributed by atoms with Gasteiger partial charge in [-0.25, -0.2) is 0 Å². The van der Waals surface area contributed by atoms with Crippen LogP contribution >= 0.6 is 22.9 Å². The second kappa shape index (κ2) is 12.1. The van der Waals surface area contributed by atoms with Gasteiger partial charge in [-0.1, -0.05) is 41.1 Å². The molecule has 9 heteroatoms. The van der Waals surface area contributed by atoms with E-state index in [4.69, 9.17) is 16.7 Å². The lowest BCUT2D eigenvalue weighted by molar-refractivity contribution is -0.138. The van der Waals surface area contributed by atoms with Crippen LogP contribution in [0.3, 0.4) is 0 Å². The van der Waals surface area contributed by atoms with Gasteiger partial charge in [-0.3, -0.25) is 19.4 Å². The van der Waals surface area contributed by atoms with Crippen molar-refractivity contribution in [3.05, 3.63) is 63.7 Å². The van der Waals surface area contributed by atoms with Crippen LogP contribution in [0, 0.1) is 25.7 Å². The number of amides is 1. The van der Waals surface area contributed by atoms with Crippen LogP contribution in [0.2, 0.25) is 5.02 Å². The molecule has 1 saturated carbocycles. The number of likely N-dealkylation sites (tertiary alicyclic amines) is 1. The molecule has 1 amide bonds. The Labute approximate surface area is 238 Å². The van der Waals surface area contributed by atoms with E-state index in [1.54, 1.807) is 4.90 Å². The van der Waals surface area contributed by atoms with E-state index >= 15 is 0 Å². The molecule has 0 bridgehead atoms. The Bertz CT molecular complexity index is 1320. The molecule has 1 aliphatic carbocycles. The first-order valence-corrected chi connectivity index (χ1v) is 14.9. The third kappa shape index (κ3) is 7.04. The van der Waals surface area contributed by atoms with Crippen molar-refractivity contribution >= 4 is 39.9 Å². The summed E-state index contributed by atoms with van der Waals surface area (Å²) in [6.45, 7) is 7.66. The number of benzene rings is 2. The zero-order valence-corrected chi connectivity index (χ0v) is 24.1. The van der Waals surface area contributed by atoms with Crippen molar-refractivity contribution in [2.24, 2.45) is 11.8 Å². The van der Waals surface area contributed by atoms with Crippen LogP contribution in [0.25, 0.3) is 10.6 Å². The molecule has 0 unspecified atom stereocenters. The summed E-state index contributed by atoms with van der Waals surface area (Å²) in [6.07, 6.45) is 4.65. The SMILES string of the molecule is Cc1cc(-c2nnc(N(CC3CC3)C(=O)Cc3ccccc3Cl)s2)cc(C)c1CN1CCC(CC(=O)O)CC1. The number of aromatic nitrogens is 2. The first-order chi connectivity index (χ1) is 18.8. The van der Waals surface area contributed by atoms with E-state index in [1.807, 2.05) is 24.3 Å². The predicted molar refractivity (Wildman–Crippen MR) is 155 cm³/mol. The van der Waals surface area contributed by atoms with Crippen LogP contribution in [-0.2, 0) is 22.6 Å². The lowest BCUT2D eigenvalue weighted by atomic mass is 9.92. The van der Waals surface area contributed by atoms with Crippen molar-refractivity contribution in [3.63, 3.8) is 0 Å². The summed E-state index contributed by atoms with van der Waals surface area (Å²) in [6, 6.07) is 11.8. The van der Waals surface area contributed by atoms with Crippen molar-refractivity contribution in [1.82, 2.24) is 15.1 Å². The topological polar surface area (TPSA) is 86.6 Å². The third-order valence-corrected chi connectivity index (χ3v) is 9.24. The second-order valence-corrected chi connectivity index (χ2v) is 12.4. The van der Waals surface area contributed by atoms with Crippen LogP contribution in [0.5, 0.6) is 0 Å².